The van der Waals surface area contributed by atoms with Crippen LogP contribution in [0.1, 0.15) is 57.6 Å². The Balaban J connectivity index is 1.25. The number of halogens is 1. The van der Waals surface area contributed by atoms with E-state index in [9.17, 15) is 13.2 Å². The molecule has 1 amide bonds. The van der Waals surface area contributed by atoms with Gasteiger partial charge in [0, 0.05) is 49.1 Å². The molecule has 2 aliphatic rings. The summed E-state index contributed by atoms with van der Waals surface area (Å²) in [6.07, 6.45) is 5.70. The fourth-order valence-corrected chi connectivity index (χ4v) is 7.94. The molecule has 0 aliphatic carbocycles. The van der Waals surface area contributed by atoms with E-state index < -0.39 is 27.0 Å². The zero-order chi connectivity index (χ0) is 34.8. The lowest BCUT2D eigenvalue weighted by Crippen LogP contribution is -2.47. The third kappa shape index (κ3) is 8.45. The van der Waals surface area contributed by atoms with Gasteiger partial charge in [-0.25, -0.2) is 32.6 Å². The standard InChI is InChI=1S/C36H42FN5O6S/c1-23-11-12-26-27(13-14-30(37)29(26)22-49(44,45)21-25-9-7-19-46-25)32(23)47-33-28(10-5-16-38-33)31-15-17-39-34(41-31)40-24-8-6-18-42(20-24)35(43)48-36(2,3)4/h5,10-17,24-25H,6-9,18-22H2,1-4H3,(H,39,40,41)/t24-,25-/m0/s1. The number of sulfone groups is 1. The number of hydrogen-bond donors (Lipinski definition) is 1. The summed E-state index contributed by atoms with van der Waals surface area (Å²) < 4.78 is 59.0. The minimum atomic E-state index is -3.65. The van der Waals surface area contributed by atoms with Crippen molar-refractivity contribution in [2.24, 2.45) is 0 Å². The van der Waals surface area contributed by atoms with Crippen LogP contribution in [0.2, 0.25) is 0 Å². The summed E-state index contributed by atoms with van der Waals surface area (Å²) in [6, 6.07) is 11.7. The zero-order valence-corrected chi connectivity index (χ0v) is 29.1. The number of anilines is 1. The van der Waals surface area contributed by atoms with Crippen molar-refractivity contribution in [3.63, 3.8) is 0 Å². The maximum atomic E-state index is 15.2. The first kappa shape index (κ1) is 34.5. The molecular formula is C36H42FN5O6S. The fraction of sp³-hybridized carbons (Fsp3) is 0.444. The fourth-order valence-electron chi connectivity index (χ4n) is 6.25. The highest BCUT2D eigenvalue weighted by Gasteiger charge is 2.29. The molecule has 0 bridgehead atoms. The number of nitrogens with zero attached hydrogens (tertiary/aromatic N) is 4. The van der Waals surface area contributed by atoms with Gasteiger partial charge in [-0.05, 0) is 94.7 Å². The first-order valence-electron chi connectivity index (χ1n) is 16.6. The maximum Gasteiger partial charge on any atom is 0.410 e. The number of amides is 1. The quantitative estimate of drug-likeness (QED) is 0.199. The lowest BCUT2D eigenvalue weighted by atomic mass is 10.0. The second-order valence-corrected chi connectivity index (χ2v) is 15.8. The van der Waals surface area contributed by atoms with E-state index in [4.69, 9.17) is 19.2 Å². The van der Waals surface area contributed by atoms with E-state index in [2.05, 4.69) is 15.3 Å². The van der Waals surface area contributed by atoms with Gasteiger partial charge in [-0.15, -0.1) is 0 Å². The second-order valence-electron chi connectivity index (χ2n) is 13.7. The number of aryl methyl sites for hydroxylation is 1. The van der Waals surface area contributed by atoms with Crippen molar-refractivity contribution >= 4 is 32.7 Å². The Hall–Kier alpha value is -4.36. The molecule has 0 saturated carbocycles. The molecule has 260 valence electrons. The Morgan fingerprint density at radius 2 is 1.88 bits per heavy atom. The van der Waals surface area contributed by atoms with Crippen LogP contribution in [0.4, 0.5) is 15.1 Å². The molecule has 2 atom stereocenters. The highest BCUT2D eigenvalue weighted by molar-refractivity contribution is 7.90. The molecule has 6 rings (SSSR count). The molecule has 2 aromatic carbocycles. The van der Waals surface area contributed by atoms with Crippen LogP contribution < -0.4 is 10.1 Å². The number of ether oxygens (including phenoxy) is 3. The van der Waals surface area contributed by atoms with E-state index in [1.807, 2.05) is 33.8 Å². The van der Waals surface area contributed by atoms with Crippen LogP contribution in [0.15, 0.2) is 54.9 Å². The van der Waals surface area contributed by atoms with Crippen LogP contribution in [-0.4, -0.2) is 77.6 Å². The molecule has 49 heavy (non-hydrogen) atoms. The van der Waals surface area contributed by atoms with Crippen LogP contribution in [0.25, 0.3) is 22.0 Å². The third-order valence-corrected chi connectivity index (χ3v) is 10.1. The van der Waals surface area contributed by atoms with E-state index in [1.165, 1.54) is 6.07 Å². The molecule has 2 saturated heterocycles. The smallest absolute Gasteiger partial charge is 0.410 e. The van der Waals surface area contributed by atoms with Crippen molar-refractivity contribution in [3.8, 4) is 22.9 Å². The van der Waals surface area contributed by atoms with Crippen molar-refractivity contribution < 1.29 is 31.8 Å². The number of fused-ring (bicyclic) bond motifs is 1. The van der Waals surface area contributed by atoms with Crippen LogP contribution in [0.5, 0.6) is 11.6 Å². The number of benzene rings is 2. The molecule has 13 heteroatoms. The largest absolute Gasteiger partial charge is 0.444 e. The Morgan fingerprint density at radius 1 is 1.06 bits per heavy atom. The van der Waals surface area contributed by atoms with E-state index in [1.54, 1.807) is 47.6 Å². The molecule has 4 heterocycles. The monoisotopic (exact) mass is 691 g/mol. The lowest BCUT2D eigenvalue weighted by molar-refractivity contribution is 0.0206. The normalized spacial score (nSPS) is 18.4. The van der Waals surface area contributed by atoms with Gasteiger partial charge < -0.3 is 24.4 Å². The number of likely N-dealkylation sites (tertiary alicyclic amines) is 1. The Labute approximate surface area is 286 Å². The van der Waals surface area contributed by atoms with E-state index in [0.717, 1.165) is 24.8 Å². The van der Waals surface area contributed by atoms with Gasteiger partial charge in [0.2, 0.25) is 11.8 Å². The molecule has 2 fully saturated rings. The van der Waals surface area contributed by atoms with Crippen LogP contribution in [-0.2, 0) is 25.1 Å². The molecule has 11 nitrogen and oxygen atoms in total. The van der Waals surface area contributed by atoms with Gasteiger partial charge in [-0.1, -0.05) is 12.1 Å². The van der Waals surface area contributed by atoms with Gasteiger partial charge in [0.25, 0.3) is 0 Å². The summed E-state index contributed by atoms with van der Waals surface area (Å²) in [5, 5.41) is 4.39. The summed E-state index contributed by atoms with van der Waals surface area (Å²) >= 11 is 0. The van der Waals surface area contributed by atoms with Crippen LogP contribution >= 0.6 is 0 Å². The van der Waals surface area contributed by atoms with Crippen molar-refractivity contribution in [1.82, 2.24) is 19.9 Å². The van der Waals surface area contributed by atoms with E-state index in [-0.39, 0.29) is 35.4 Å². The van der Waals surface area contributed by atoms with Gasteiger partial charge in [0.1, 0.15) is 17.2 Å². The average Bonchev–Trinajstić information content (AvgIpc) is 3.55. The number of carbonyl (C=O) groups excluding carboxylic acids is 1. The summed E-state index contributed by atoms with van der Waals surface area (Å²) in [7, 11) is -3.65. The Bertz CT molecular complexity index is 1940. The summed E-state index contributed by atoms with van der Waals surface area (Å²) in [5.41, 5.74) is 1.45. The second kappa shape index (κ2) is 14.2. The van der Waals surface area contributed by atoms with Crippen molar-refractivity contribution in [2.75, 3.05) is 30.8 Å². The SMILES string of the molecule is Cc1ccc2c(CS(=O)(=O)C[C@@H]3CCCO3)c(F)ccc2c1Oc1ncccc1-c1ccnc(N[C@H]2CCCN(C(=O)OC(C)(C)C)C2)n1. The molecular weight excluding hydrogens is 649 g/mol. The van der Waals surface area contributed by atoms with Gasteiger partial charge in [-0.2, -0.15) is 0 Å². The first-order valence-corrected chi connectivity index (χ1v) is 18.4. The van der Waals surface area contributed by atoms with Crippen LogP contribution in [0.3, 0.4) is 0 Å². The third-order valence-electron chi connectivity index (χ3n) is 8.54. The zero-order valence-electron chi connectivity index (χ0n) is 28.2. The minimum absolute atomic E-state index is 0.0661. The van der Waals surface area contributed by atoms with Crippen molar-refractivity contribution in [1.29, 1.82) is 0 Å². The number of rotatable bonds is 9. The van der Waals surface area contributed by atoms with E-state index in [0.29, 0.717) is 59.8 Å². The van der Waals surface area contributed by atoms with Crippen molar-refractivity contribution in [3.05, 3.63) is 71.8 Å². The highest BCUT2D eigenvalue weighted by atomic mass is 32.2. The molecule has 1 N–H and O–H groups in total. The molecule has 4 aromatic rings. The molecule has 2 aromatic heterocycles. The number of pyridine rings is 1. The molecule has 0 radical (unpaired) electrons. The minimum Gasteiger partial charge on any atom is -0.444 e. The predicted octanol–water partition coefficient (Wildman–Crippen LogP) is 6.84. The highest BCUT2D eigenvalue weighted by Crippen LogP contribution is 2.38. The summed E-state index contributed by atoms with van der Waals surface area (Å²) in [6.45, 7) is 9.03. The van der Waals surface area contributed by atoms with Crippen LogP contribution in [0, 0.1) is 12.7 Å². The summed E-state index contributed by atoms with van der Waals surface area (Å²) in [4.78, 5) is 28.1. The number of nitrogens with one attached hydrogen (secondary N) is 1. The summed E-state index contributed by atoms with van der Waals surface area (Å²) in [5.74, 6) is -0.0755. The predicted molar refractivity (Wildman–Crippen MR) is 185 cm³/mol. The maximum absolute atomic E-state index is 15.2. The van der Waals surface area contributed by atoms with Crippen molar-refractivity contribution in [2.45, 2.75) is 76.9 Å². The lowest BCUT2D eigenvalue weighted by Gasteiger charge is -2.34. The van der Waals surface area contributed by atoms with Gasteiger partial charge in [0.05, 0.1) is 28.9 Å². The number of hydrogen-bond acceptors (Lipinski definition) is 10. The number of carbonyl (C=O) groups is 1. The average molecular weight is 692 g/mol. The van der Waals surface area contributed by atoms with Gasteiger partial charge in [0.15, 0.2) is 9.84 Å². The van der Waals surface area contributed by atoms with E-state index >= 15 is 4.39 Å². The number of aromatic nitrogens is 3. The molecule has 0 spiro atoms. The van der Waals surface area contributed by atoms with Gasteiger partial charge >= 0.3 is 6.09 Å². The topological polar surface area (TPSA) is 133 Å². The first-order chi connectivity index (χ1) is 23.3. The molecule has 0 unspecified atom stereocenters. The molecule has 2 aliphatic heterocycles. The number of piperidine rings is 1. The Morgan fingerprint density at radius 3 is 2.65 bits per heavy atom. The Kier molecular flexibility index (Phi) is 10.0. The van der Waals surface area contributed by atoms with Gasteiger partial charge in [-0.3, -0.25) is 0 Å².